The van der Waals surface area contributed by atoms with Crippen molar-refractivity contribution >= 4 is 57.8 Å². The molecule has 0 saturated carbocycles. The minimum Gasteiger partial charge on any atom is -0.361 e. The standard InChI is InChI=1S/C19H22Cl2N4OS/c1-2-3-11-22-19(27)25-24-17(26)12-13-7-4-5-10-16(13)23-18-14(20)8-6-9-15(18)21/h4-10,23H,2-3,11-12H2,1H3,(H,24,26)(H2,22,25,27). The minimum absolute atomic E-state index is 0.163. The van der Waals surface area contributed by atoms with Crippen LogP contribution in [0.2, 0.25) is 10.0 Å². The molecule has 1 amide bonds. The zero-order valence-corrected chi connectivity index (χ0v) is 17.3. The van der Waals surface area contributed by atoms with Gasteiger partial charge in [-0.1, -0.05) is 60.8 Å². The molecular formula is C19H22Cl2N4OS. The SMILES string of the molecule is CCCCNC(=S)NNC(=O)Cc1ccccc1Nc1c(Cl)cccc1Cl. The molecule has 0 heterocycles. The number of benzene rings is 2. The lowest BCUT2D eigenvalue weighted by atomic mass is 10.1. The van der Waals surface area contributed by atoms with E-state index < -0.39 is 0 Å². The van der Waals surface area contributed by atoms with Crippen LogP contribution in [0.25, 0.3) is 0 Å². The molecule has 0 aromatic heterocycles. The summed E-state index contributed by atoms with van der Waals surface area (Å²) in [4.78, 5) is 12.2. The second-order valence-corrected chi connectivity index (χ2v) is 7.06. The fourth-order valence-corrected chi connectivity index (χ4v) is 2.96. The van der Waals surface area contributed by atoms with Gasteiger partial charge in [0.25, 0.3) is 0 Å². The van der Waals surface area contributed by atoms with E-state index in [4.69, 9.17) is 35.4 Å². The van der Waals surface area contributed by atoms with Crippen LogP contribution >= 0.6 is 35.4 Å². The van der Waals surface area contributed by atoms with E-state index in [1.165, 1.54) is 0 Å². The molecule has 2 aromatic carbocycles. The van der Waals surface area contributed by atoms with Crippen LogP contribution in [0.5, 0.6) is 0 Å². The summed E-state index contributed by atoms with van der Waals surface area (Å²) in [6.07, 6.45) is 2.25. The van der Waals surface area contributed by atoms with Crippen LogP contribution in [0, 0.1) is 0 Å². The van der Waals surface area contributed by atoms with Crippen LogP contribution in [-0.4, -0.2) is 17.6 Å². The summed E-state index contributed by atoms with van der Waals surface area (Å²) in [5, 5.41) is 7.64. The number of amides is 1. The molecular weight excluding hydrogens is 403 g/mol. The van der Waals surface area contributed by atoms with Gasteiger partial charge in [-0.2, -0.15) is 0 Å². The molecule has 0 saturated heterocycles. The first-order valence-electron chi connectivity index (χ1n) is 8.63. The number of rotatable bonds is 7. The topological polar surface area (TPSA) is 65.2 Å². The molecule has 0 unspecified atom stereocenters. The molecule has 0 aliphatic rings. The summed E-state index contributed by atoms with van der Waals surface area (Å²) in [7, 11) is 0. The molecule has 0 atom stereocenters. The van der Waals surface area contributed by atoms with E-state index in [-0.39, 0.29) is 12.3 Å². The normalized spacial score (nSPS) is 10.2. The Morgan fingerprint density at radius 1 is 1.04 bits per heavy atom. The minimum atomic E-state index is -0.214. The first kappa shape index (κ1) is 21.3. The van der Waals surface area contributed by atoms with Gasteiger partial charge >= 0.3 is 0 Å². The molecule has 5 nitrogen and oxygen atoms in total. The number of halogens is 2. The second kappa shape index (κ2) is 11.0. The first-order valence-corrected chi connectivity index (χ1v) is 9.79. The Labute approximate surface area is 174 Å². The Kier molecular flexibility index (Phi) is 8.64. The monoisotopic (exact) mass is 424 g/mol. The summed E-state index contributed by atoms with van der Waals surface area (Å²) >= 11 is 17.5. The molecule has 0 spiro atoms. The van der Waals surface area contributed by atoms with Crippen molar-refractivity contribution in [1.82, 2.24) is 16.2 Å². The third kappa shape index (κ3) is 6.90. The van der Waals surface area contributed by atoms with Gasteiger partial charge < -0.3 is 10.6 Å². The fraction of sp³-hybridized carbons (Fsp3) is 0.263. The van der Waals surface area contributed by atoms with Gasteiger partial charge in [-0.3, -0.25) is 15.6 Å². The lowest BCUT2D eigenvalue weighted by molar-refractivity contribution is -0.121. The van der Waals surface area contributed by atoms with Crippen molar-refractivity contribution in [2.24, 2.45) is 0 Å². The average molecular weight is 425 g/mol. The summed E-state index contributed by atoms with van der Waals surface area (Å²) in [5.41, 5.74) is 7.47. The number of anilines is 2. The van der Waals surface area contributed by atoms with Gasteiger partial charge in [0, 0.05) is 12.2 Å². The highest BCUT2D eigenvalue weighted by Crippen LogP contribution is 2.33. The number of unbranched alkanes of at least 4 members (excludes halogenated alkanes) is 1. The third-order valence-corrected chi connectivity index (χ3v) is 4.60. The molecule has 144 valence electrons. The van der Waals surface area contributed by atoms with Crippen LogP contribution in [0.1, 0.15) is 25.3 Å². The van der Waals surface area contributed by atoms with Gasteiger partial charge in [-0.25, -0.2) is 0 Å². The summed E-state index contributed by atoms with van der Waals surface area (Å²) in [5.74, 6) is -0.214. The molecule has 27 heavy (non-hydrogen) atoms. The predicted octanol–water partition coefficient (Wildman–Crippen LogP) is 4.57. The molecule has 0 fully saturated rings. The molecule has 8 heteroatoms. The van der Waals surface area contributed by atoms with Crippen molar-refractivity contribution in [3.63, 3.8) is 0 Å². The van der Waals surface area contributed by atoms with Gasteiger partial charge in [-0.05, 0) is 42.4 Å². The summed E-state index contributed by atoms with van der Waals surface area (Å²) < 4.78 is 0. The van der Waals surface area contributed by atoms with Gasteiger partial charge in [0.05, 0.1) is 22.2 Å². The van der Waals surface area contributed by atoms with E-state index in [9.17, 15) is 4.79 Å². The van der Waals surface area contributed by atoms with E-state index in [1.807, 2.05) is 24.3 Å². The van der Waals surface area contributed by atoms with Crippen molar-refractivity contribution in [3.05, 3.63) is 58.1 Å². The van der Waals surface area contributed by atoms with Crippen LogP contribution < -0.4 is 21.5 Å². The number of hydrogen-bond donors (Lipinski definition) is 4. The zero-order valence-electron chi connectivity index (χ0n) is 14.9. The van der Waals surface area contributed by atoms with Crippen molar-refractivity contribution in [2.75, 3.05) is 11.9 Å². The maximum Gasteiger partial charge on any atom is 0.242 e. The molecule has 2 rings (SSSR count). The summed E-state index contributed by atoms with van der Waals surface area (Å²) in [6.45, 7) is 2.87. The number of hydrazine groups is 1. The number of carbonyl (C=O) groups excluding carboxylic acids is 1. The van der Waals surface area contributed by atoms with Crippen LogP contribution in [0.4, 0.5) is 11.4 Å². The van der Waals surface area contributed by atoms with Gasteiger partial charge in [0.1, 0.15) is 0 Å². The van der Waals surface area contributed by atoms with E-state index in [2.05, 4.69) is 28.4 Å². The van der Waals surface area contributed by atoms with Crippen molar-refractivity contribution in [2.45, 2.75) is 26.2 Å². The fourth-order valence-electron chi connectivity index (χ4n) is 2.31. The highest BCUT2D eigenvalue weighted by Gasteiger charge is 2.11. The van der Waals surface area contributed by atoms with E-state index >= 15 is 0 Å². The van der Waals surface area contributed by atoms with Gasteiger partial charge in [0.15, 0.2) is 5.11 Å². The lowest BCUT2D eigenvalue weighted by Crippen LogP contribution is -2.47. The Morgan fingerprint density at radius 3 is 2.44 bits per heavy atom. The Bertz CT molecular complexity index is 781. The quantitative estimate of drug-likeness (QED) is 0.297. The Balaban J connectivity index is 1.97. The van der Waals surface area contributed by atoms with Crippen molar-refractivity contribution < 1.29 is 4.79 Å². The maximum absolute atomic E-state index is 12.2. The molecule has 0 radical (unpaired) electrons. The van der Waals surface area contributed by atoms with E-state index in [0.29, 0.717) is 20.8 Å². The number of nitrogens with one attached hydrogen (secondary N) is 4. The smallest absolute Gasteiger partial charge is 0.242 e. The molecule has 0 aliphatic carbocycles. The molecule has 2 aromatic rings. The van der Waals surface area contributed by atoms with E-state index in [0.717, 1.165) is 30.6 Å². The van der Waals surface area contributed by atoms with Crippen LogP contribution in [-0.2, 0) is 11.2 Å². The first-order chi connectivity index (χ1) is 13.0. The summed E-state index contributed by atoms with van der Waals surface area (Å²) in [6, 6.07) is 12.8. The number of para-hydroxylation sites is 2. The van der Waals surface area contributed by atoms with Crippen LogP contribution in [0.15, 0.2) is 42.5 Å². The second-order valence-electron chi connectivity index (χ2n) is 5.84. The third-order valence-electron chi connectivity index (χ3n) is 3.72. The zero-order chi connectivity index (χ0) is 19.6. The average Bonchev–Trinajstić information content (AvgIpc) is 2.65. The molecule has 0 aliphatic heterocycles. The molecule has 4 N–H and O–H groups in total. The number of hydrogen-bond acceptors (Lipinski definition) is 3. The Hall–Kier alpha value is -2.02. The highest BCUT2D eigenvalue weighted by atomic mass is 35.5. The lowest BCUT2D eigenvalue weighted by Gasteiger charge is -2.15. The highest BCUT2D eigenvalue weighted by molar-refractivity contribution is 7.80. The number of thiocarbonyl (C=S) groups is 1. The van der Waals surface area contributed by atoms with Gasteiger partial charge in [-0.15, -0.1) is 0 Å². The van der Waals surface area contributed by atoms with Crippen LogP contribution in [0.3, 0.4) is 0 Å². The van der Waals surface area contributed by atoms with E-state index in [1.54, 1.807) is 18.2 Å². The van der Waals surface area contributed by atoms with Crippen molar-refractivity contribution in [3.8, 4) is 0 Å². The Morgan fingerprint density at radius 2 is 1.74 bits per heavy atom. The maximum atomic E-state index is 12.2. The van der Waals surface area contributed by atoms with Crippen molar-refractivity contribution in [1.29, 1.82) is 0 Å². The number of carbonyl (C=O) groups is 1. The predicted molar refractivity (Wildman–Crippen MR) is 117 cm³/mol. The largest absolute Gasteiger partial charge is 0.361 e. The van der Waals surface area contributed by atoms with Gasteiger partial charge in [0.2, 0.25) is 5.91 Å². The molecule has 0 bridgehead atoms.